The molecule has 0 saturated carbocycles. The van der Waals surface area contributed by atoms with Gasteiger partial charge in [-0.15, -0.1) is 0 Å². The highest BCUT2D eigenvalue weighted by Crippen LogP contribution is 2.34. The van der Waals surface area contributed by atoms with Crippen LogP contribution in [-0.2, 0) is 11.0 Å². The quantitative estimate of drug-likeness (QED) is 0.725. The van der Waals surface area contributed by atoms with Gasteiger partial charge in [-0.3, -0.25) is 4.79 Å². The number of hydrogen-bond acceptors (Lipinski definition) is 2. The molecular formula is C16H12BrF4NO2. The number of amides is 1. The van der Waals surface area contributed by atoms with Crippen LogP contribution in [0.2, 0.25) is 0 Å². The molecule has 0 radical (unpaired) electrons. The minimum Gasteiger partial charge on any atom is -0.480 e. The SMILES string of the molecule is CC(Oc1ccc(F)cc1Br)C(=O)Nc1ccccc1C(F)(F)F. The summed E-state index contributed by atoms with van der Waals surface area (Å²) in [7, 11) is 0. The van der Waals surface area contributed by atoms with Gasteiger partial charge < -0.3 is 10.1 Å². The molecule has 1 atom stereocenters. The highest BCUT2D eigenvalue weighted by molar-refractivity contribution is 9.10. The van der Waals surface area contributed by atoms with Gasteiger partial charge in [0, 0.05) is 0 Å². The lowest BCUT2D eigenvalue weighted by atomic mass is 10.1. The van der Waals surface area contributed by atoms with Crippen molar-refractivity contribution in [2.45, 2.75) is 19.2 Å². The summed E-state index contributed by atoms with van der Waals surface area (Å²) in [5.74, 6) is -1.06. The maximum Gasteiger partial charge on any atom is 0.418 e. The Kier molecular flexibility index (Phi) is 5.48. The first-order valence-electron chi connectivity index (χ1n) is 6.77. The summed E-state index contributed by atoms with van der Waals surface area (Å²) < 4.78 is 57.4. The fourth-order valence-corrected chi connectivity index (χ4v) is 2.33. The molecule has 0 aliphatic carbocycles. The van der Waals surface area contributed by atoms with Gasteiger partial charge in [0.25, 0.3) is 5.91 Å². The summed E-state index contributed by atoms with van der Waals surface area (Å²) in [6.45, 7) is 1.38. The molecule has 0 aliphatic rings. The van der Waals surface area contributed by atoms with E-state index in [0.29, 0.717) is 0 Å². The number of halogens is 5. The molecule has 0 aliphatic heterocycles. The van der Waals surface area contributed by atoms with Crippen molar-refractivity contribution in [3.05, 3.63) is 58.3 Å². The number of nitrogens with one attached hydrogen (secondary N) is 1. The summed E-state index contributed by atoms with van der Waals surface area (Å²) in [6, 6.07) is 8.25. The molecule has 0 saturated heterocycles. The van der Waals surface area contributed by atoms with E-state index in [0.717, 1.165) is 24.3 Å². The van der Waals surface area contributed by atoms with Gasteiger partial charge in [0.05, 0.1) is 15.7 Å². The Morgan fingerprint density at radius 2 is 1.88 bits per heavy atom. The van der Waals surface area contributed by atoms with E-state index in [2.05, 4.69) is 21.2 Å². The minimum absolute atomic E-state index is 0.197. The molecular weight excluding hydrogens is 394 g/mol. The van der Waals surface area contributed by atoms with E-state index in [1.54, 1.807) is 0 Å². The summed E-state index contributed by atoms with van der Waals surface area (Å²) in [4.78, 5) is 12.1. The van der Waals surface area contributed by atoms with Crippen LogP contribution in [0, 0.1) is 5.82 Å². The van der Waals surface area contributed by atoms with Crippen LogP contribution in [-0.4, -0.2) is 12.0 Å². The Hall–Kier alpha value is -2.09. The average Bonchev–Trinajstić information content (AvgIpc) is 2.49. The molecule has 1 N–H and O–H groups in total. The van der Waals surface area contributed by atoms with E-state index < -0.39 is 29.6 Å². The molecule has 0 heterocycles. The third kappa shape index (κ3) is 4.47. The standard InChI is InChI=1S/C16H12BrF4NO2/c1-9(24-14-7-6-10(18)8-12(14)17)15(23)22-13-5-3-2-4-11(13)16(19,20)21/h2-9H,1H3,(H,22,23). The number of anilines is 1. The Bertz CT molecular complexity index is 749. The van der Waals surface area contributed by atoms with Crippen LogP contribution in [0.1, 0.15) is 12.5 Å². The number of hydrogen-bond donors (Lipinski definition) is 1. The zero-order valence-electron chi connectivity index (χ0n) is 12.3. The van der Waals surface area contributed by atoms with Gasteiger partial charge in [-0.25, -0.2) is 4.39 Å². The number of rotatable bonds is 4. The molecule has 2 aromatic carbocycles. The second-order valence-corrected chi connectivity index (χ2v) is 5.72. The predicted molar refractivity (Wildman–Crippen MR) is 84.3 cm³/mol. The van der Waals surface area contributed by atoms with E-state index in [9.17, 15) is 22.4 Å². The van der Waals surface area contributed by atoms with Gasteiger partial charge in [0.1, 0.15) is 11.6 Å². The topological polar surface area (TPSA) is 38.3 Å². The van der Waals surface area contributed by atoms with Crippen molar-refractivity contribution in [2.75, 3.05) is 5.32 Å². The van der Waals surface area contributed by atoms with Gasteiger partial charge in [0.15, 0.2) is 6.10 Å². The second kappa shape index (κ2) is 7.21. The maximum atomic E-state index is 13.0. The molecule has 24 heavy (non-hydrogen) atoms. The summed E-state index contributed by atoms with van der Waals surface area (Å²) in [6.07, 6.45) is -5.68. The van der Waals surface area contributed by atoms with E-state index in [1.807, 2.05) is 0 Å². The predicted octanol–water partition coefficient (Wildman–Crippen LogP) is 5.01. The van der Waals surface area contributed by atoms with E-state index in [-0.39, 0.29) is 15.9 Å². The summed E-state index contributed by atoms with van der Waals surface area (Å²) in [5.41, 5.74) is -1.31. The molecule has 0 bridgehead atoms. The fraction of sp³-hybridized carbons (Fsp3) is 0.188. The van der Waals surface area contributed by atoms with Gasteiger partial charge in [-0.2, -0.15) is 13.2 Å². The fourth-order valence-electron chi connectivity index (χ4n) is 1.89. The molecule has 0 fully saturated rings. The van der Waals surface area contributed by atoms with Gasteiger partial charge in [0.2, 0.25) is 0 Å². The van der Waals surface area contributed by atoms with Crippen molar-refractivity contribution in [3.63, 3.8) is 0 Å². The third-order valence-electron chi connectivity index (χ3n) is 3.06. The maximum absolute atomic E-state index is 13.0. The van der Waals surface area contributed by atoms with Crippen LogP contribution in [0.3, 0.4) is 0 Å². The lowest BCUT2D eigenvalue weighted by molar-refractivity contribution is -0.137. The lowest BCUT2D eigenvalue weighted by Crippen LogP contribution is -2.31. The molecule has 2 rings (SSSR count). The van der Waals surface area contributed by atoms with Crippen LogP contribution < -0.4 is 10.1 Å². The lowest BCUT2D eigenvalue weighted by Gasteiger charge is -2.18. The van der Waals surface area contributed by atoms with Gasteiger partial charge in [-0.05, 0) is 53.2 Å². The van der Waals surface area contributed by atoms with E-state index >= 15 is 0 Å². The van der Waals surface area contributed by atoms with E-state index in [4.69, 9.17) is 4.74 Å². The normalized spacial score (nSPS) is 12.6. The number of carbonyl (C=O) groups is 1. The van der Waals surface area contributed by atoms with Gasteiger partial charge >= 0.3 is 6.18 Å². The molecule has 128 valence electrons. The number of ether oxygens (including phenoxy) is 1. The Morgan fingerprint density at radius 1 is 1.21 bits per heavy atom. The first-order valence-corrected chi connectivity index (χ1v) is 7.56. The molecule has 1 amide bonds. The summed E-state index contributed by atoms with van der Waals surface area (Å²) >= 11 is 3.08. The summed E-state index contributed by atoms with van der Waals surface area (Å²) in [5, 5.41) is 2.19. The van der Waals surface area contributed by atoms with Crippen LogP contribution >= 0.6 is 15.9 Å². The largest absolute Gasteiger partial charge is 0.480 e. The highest BCUT2D eigenvalue weighted by atomic mass is 79.9. The zero-order valence-corrected chi connectivity index (χ0v) is 13.9. The number of alkyl halides is 3. The van der Waals surface area contributed by atoms with Crippen LogP contribution in [0.4, 0.5) is 23.2 Å². The van der Waals surface area contributed by atoms with Crippen LogP contribution in [0.5, 0.6) is 5.75 Å². The Balaban J connectivity index is 2.13. The van der Waals surface area contributed by atoms with Crippen molar-refractivity contribution < 1.29 is 27.1 Å². The monoisotopic (exact) mass is 405 g/mol. The molecule has 8 heteroatoms. The number of para-hydroxylation sites is 1. The van der Waals surface area contributed by atoms with Crippen molar-refractivity contribution in [1.82, 2.24) is 0 Å². The first-order chi connectivity index (χ1) is 11.2. The van der Waals surface area contributed by atoms with Crippen LogP contribution in [0.15, 0.2) is 46.9 Å². The molecule has 0 aromatic heterocycles. The minimum atomic E-state index is -4.59. The molecule has 2 aromatic rings. The average molecular weight is 406 g/mol. The molecule has 0 spiro atoms. The van der Waals surface area contributed by atoms with Crippen molar-refractivity contribution in [3.8, 4) is 5.75 Å². The third-order valence-corrected chi connectivity index (χ3v) is 3.68. The van der Waals surface area contributed by atoms with Crippen molar-refractivity contribution in [1.29, 1.82) is 0 Å². The smallest absolute Gasteiger partial charge is 0.418 e. The number of carbonyl (C=O) groups excluding carboxylic acids is 1. The first kappa shape index (κ1) is 18.3. The van der Waals surface area contributed by atoms with Crippen molar-refractivity contribution in [2.24, 2.45) is 0 Å². The van der Waals surface area contributed by atoms with Crippen LogP contribution in [0.25, 0.3) is 0 Å². The van der Waals surface area contributed by atoms with Gasteiger partial charge in [-0.1, -0.05) is 12.1 Å². The molecule has 1 unspecified atom stereocenters. The number of benzene rings is 2. The highest BCUT2D eigenvalue weighted by Gasteiger charge is 2.34. The Morgan fingerprint density at radius 3 is 2.50 bits per heavy atom. The van der Waals surface area contributed by atoms with E-state index in [1.165, 1.54) is 25.1 Å². The molecule has 3 nitrogen and oxygen atoms in total. The zero-order chi connectivity index (χ0) is 17.9. The second-order valence-electron chi connectivity index (χ2n) is 4.87. The Labute approximate surface area is 143 Å². The van der Waals surface area contributed by atoms with Crippen molar-refractivity contribution >= 4 is 27.5 Å².